The van der Waals surface area contributed by atoms with Crippen LogP contribution in [0.15, 0.2) is 18.2 Å². The van der Waals surface area contributed by atoms with Crippen LogP contribution >= 0.6 is 0 Å². The molecule has 0 aromatic heterocycles. The molecule has 0 saturated carbocycles. The minimum Gasteiger partial charge on any atom is -0.504 e. The number of aliphatic hydroxyl groups is 1. The second-order valence-corrected chi connectivity index (χ2v) is 4.70. The van der Waals surface area contributed by atoms with Gasteiger partial charge in [-0.3, -0.25) is 4.79 Å². The SMILES string of the molecule is C[C@H]1CCC(=O)N1C[C@@H](O)c1ccc(O)c(O)c1. The summed E-state index contributed by atoms with van der Waals surface area (Å²) in [5.74, 6) is -0.450. The van der Waals surface area contributed by atoms with Crippen molar-refractivity contribution in [2.24, 2.45) is 0 Å². The van der Waals surface area contributed by atoms with Gasteiger partial charge in [0.15, 0.2) is 11.5 Å². The lowest BCUT2D eigenvalue weighted by Gasteiger charge is -2.24. The van der Waals surface area contributed by atoms with Crippen molar-refractivity contribution in [2.45, 2.75) is 31.9 Å². The van der Waals surface area contributed by atoms with Gasteiger partial charge < -0.3 is 20.2 Å². The number of hydrogen-bond donors (Lipinski definition) is 3. The molecule has 0 spiro atoms. The summed E-state index contributed by atoms with van der Waals surface area (Å²) in [7, 11) is 0. The van der Waals surface area contributed by atoms with E-state index in [-0.39, 0.29) is 30.0 Å². The van der Waals surface area contributed by atoms with Crippen LogP contribution < -0.4 is 0 Å². The van der Waals surface area contributed by atoms with Crippen LogP contribution in [0.4, 0.5) is 0 Å². The molecule has 0 unspecified atom stereocenters. The van der Waals surface area contributed by atoms with E-state index in [1.165, 1.54) is 18.2 Å². The number of phenolic OH excluding ortho intramolecular Hbond substituents is 2. The number of rotatable bonds is 3. The van der Waals surface area contributed by atoms with Crippen LogP contribution in [-0.2, 0) is 4.79 Å². The van der Waals surface area contributed by atoms with Gasteiger partial charge in [-0.1, -0.05) is 6.07 Å². The number of nitrogens with zero attached hydrogens (tertiary/aromatic N) is 1. The van der Waals surface area contributed by atoms with Gasteiger partial charge in [-0.05, 0) is 31.0 Å². The van der Waals surface area contributed by atoms with Crippen molar-refractivity contribution < 1.29 is 20.1 Å². The highest BCUT2D eigenvalue weighted by Crippen LogP contribution is 2.29. The Morgan fingerprint density at radius 2 is 2.11 bits per heavy atom. The van der Waals surface area contributed by atoms with E-state index >= 15 is 0 Å². The number of aromatic hydroxyl groups is 2. The first-order valence-corrected chi connectivity index (χ1v) is 5.98. The molecule has 1 aliphatic heterocycles. The molecule has 1 saturated heterocycles. The Hall–Kier alpha value is -1.75. The summed E-state index contributed by atoms with van der Waals surface area (Å²) in [6, 6.07) is 4.30. The molecule has 1 heterocycles. The molecule has 1 amide bonds. The van der Waals surface area contributed by atoms with Crippen molar-refractivity contribution in [3.63, 3.8) is 0 Å². The number of β-amino-alcohol motifs (C(OH)–C–C–N with tert-alkyl or cyclic N) is 1. The van der Waals surface area contributed by atoms with E-state index in [4.69, 9.17) is 0 Å². The van der Waals surface area contributed by atoms with Gasteiger partial charge in [-0.2, -0.15) is 0 Å². The molecule has 0 aliphatic carbocycles. The molecule has 1 aromatic rings. The smallest absolute Gasteiger partial charge is 0.222 e. The van der Waals surface area contributed by atoms with Crippen LogP contribution in [-0.4, -0.2) is 38.7 Å². The predicted octanol–water partition coefficient (Wildman–Crippen LogP) is 1.14. The van der Waals surface area contributed by atoms with Crippen LogP contribution in [0.5, 0.6) is 11.5 Å². The number of carbonyl (C=O) groups excluding carboxylic acids is 1. The van der Waals surface area contributed by atoms with E-state index < -0.39 is 6.10 Å². The number of carbonyl (C=O) groups is 1. The van der Waals surface area contributed by atoms with E-state index in [0.29, 0.717) is 12.0 Å². The summed E-state index contributed by atoms with van der Waals surface area (Å²) in [5.41, 5.74) is 0.484. The Bertz CT molecular complexity index is 460. The quantitative estimate of drug-likeness (QED) is 0.704. The highest BCUT2D eigenvalue weighted by molar-refractivity contribution is 5.78. The van der Waals surface area contributed by atoms with Gasteiger partial charge in [-0.25, -0.2) is 0 Å². The highest BCUT2D eigenvalue weighted by atomic mass is 16.3. The molecular formula is C13H17NO4. The largest absolute Gasteiger partial charge is 0.504 e. The summed E-state index contributed by atoms with van der Waals surface area (Å²) in [6.07, 6.45) is 0.474. The second-order valence-electron chi connectivity index (χ2n) is 4.70. The third-order valence-electron chi connectivity index (χ3n) is 3.38. The third-order valence-corrected chi connectivity index (χ3v) is 3.38. The van der Waals surface area contributed by atoms with Gasteiger partial charge in [0.2, 0.25) is 5.91 Å². The molecule has 2 atom stereocenters. The zero-order valence-corrected chi connectivity index (χ0v) is 10.2. The number of aliphatic hydroxyl groups excluding tert-OH is 1. The molecule has 1 aromatic carbocycles. The number of benzene rings is 1. The maximum Gasteiger partial charge on any atom is 0.222 e. The molecule has 18 heavy (non-hydrogen) atoms. The van der Waals surface area contributed by atoms with Gasteiger partial charge in [0.1, 0.15) is 0 Å². The second kappa shape index (κ2) is 4.86. The summed E-state index contributed by atoms with van der Waals surface area (Å²) >= 11 is 0. The van der Waals surface area contributed by atoms with Crippen molar-refractivity contribution in [1.29, 1.82) is 0 Å². The zero-order valence-electron chi connectivity index (χ0n) is 10.2. The first-order chi connectivity index (χ1) is 8.49. The van der Waals surface area contributed by atoms with Gasteiger partial charge in [-0.15, -0.1) is 0 Å². The molecule has 0 bridgehead atoms. The van der Waals surface area contributed by atoms with Crippen molar-refractivity contribution >= 4 is 5.91 Å². The minimum atomic E-state index is -0.860. The van der Waals surface area contributed by atoms with Gasteiger partial charge in [0, 0.05) is 12.5 Å². The van der Waals surface area contributed by atoms with Gasteiger partial charge >= 0.3 is 0 Å². The Morgan fingerprint density at radius 3 is 2.67 bits per heavy atom. The zero-order chi connectivity index (χ0) is 13.3. The molecule has 0 radical (unpaired) electrons. The number of likely N-dealkylation sites (tertiary alicyclic amines) is 1. The molecule has 2 rings (SSSR count). The lowest BCUT2D eigenvalue weighted by Crippen LogP contribution is -2.34. The average Bonchev–Trinajstić information content (AvgIpc) is 2.64. The Labute approximate surface area is 105 Å². The fourth-order valence-electron chi connectivity index (χ4n) is 2.20. The van der Waals surface area contributed by atoms with Crippen molar-refractivity contribution in [2.75, 3.05) is 6.54 Å². The molecule has 3 N–H and O–H groups in total. The average molecular weight is 251 g/mol. The summed E-state index contributed by atoms with van der Waals surface area (Å²) in [4.78, 5) is 13.2. The first kappa shape index (κ1) is 12.7. The van der Waals surface area contributed by atoms with Crippen molar-refractivity contribution in [3.05, 3.63) is 23.8 Å². The molecule has 1 fully saturated rings. The predicted molar refractivity (Wildman–Crippen MR) is 65.1 cm³/mol. The monoisotopic (exact) mass is 251 g/mol. The number of phenols is 2. The number of hydrogen-bond acceptors (Lipinski definition) is 4. The van der Waals surface area contributed by atoms with Crippen molar-refractivity contribution in [3.8, 4) is 11.5 Å². The summed E-state index contributed by atoms with van der Waals surface area (Å²) in [6.45, 7) is 2.16. The fourth-order valence-corrected chi connectivity index (χ4v) is 2.20. The molecule has 98 valence electrons. The fraction of sp³-hybridized carbons (Fsp3) is 0.462. The molecular weight excluding hydrogens is 234 g/mol. The van der Waals surface area contributed by atoms with Gasteiger partial charge in [0.05, 0.1) is 12.6 Å². The lowest BCUT2D eigenvalue weighted by atomic mass is 10.1. The molecule has 1 aliphatic rings. The van der Waals surface area contributed by atoms with E-state index in [1.807, 2.05) is 6.92 Å². The summed E-state index contributed by atoms with van der Waals surface area (Å²) in [5, 5.41) is 28.6. The van der Waals surface area contributed by atoms with Gasteiger partial charge in [0.25, 0.3) is 0 Å². The third kappa shape index (κ3) is 2.41. The van der Waals surface area contributed by atoms with E-state index in [0.717, 1.165) is 6.42 Å². The van der Waals surface area contributed by atoms with E-state index in [1.54, 1.807) is 4.90 Å². The minimum absolute atomic E-state index is 0.0459. The normalized spacial score (nSPS) is 21.3. The van der Waals surface area contributed by atoms with Crippen LogP contribution in [0.3, 0.4) is 0 Å². The number of amides is 1. The standard InChI is InChI=1S/C13H17NO4/c1-8-2-5-13(18)14(8)7-12(17)9-3-4-10(15)11(16)6-9/h3-4,6,8,12,15-17H,2,5,7H2,1H3/t8-,12+/m0/s1. The Morgan fingerprint density at radius 1 is 1.39 bits per heavy atom. The van der Waals surface area contributed by atoms with Crippen LogP contribution in [0.25, 0.3) is 0 Å². The van der Waals surface area contributed by atoms with Crippen LogP contribution in [0, 0.1) is 0 Å². The van der Waals surface area contributed by atoms with Crippen LogP contribution in [0.1, 0.15) is 31.4 Å². The van der Waals surface area contributed by atoms with Crippen LogP contribution in [0.2, 0.25) is 0 Å². The molecule has 5 heteroatoms. The Balaban J connectivity index is 2.09. The maximum absolute atomic E-state index is 11.6. The topological polar surface area (TPSA) is 81.0 Å². The van der Waals surface area contributed by atoms with E-state index in [9.17, 15) is 20.1 Å². The molecule has 5 nitrogen and oxygen atoms in total. The maximum atomic E-state index is 11.6. The lowest BCUT2D eigenvalue weighted by molar-refractivity contribution is -0.130. The first-order valence-electron chi connectivity index (χ1n) is 5.98. The van der Waals surface area contributed by atoms with E-state index in [2.05, 4.69) is 0 Å². The highest BCUT2D eigenvalue weighted by Gasteiger charge is 2.29. The summed E-state index contributed by atoms with van der Waals surface area (Å²) < 4.78 is 0. The Kier molecular flexibility index (Phi) is 3.43. The van der Waals surface area contributed by atoms with Crippen molar-refractivity contribution in [1.82, 2.24) is 4.90 Å².